The maximum absolute atomic E-state index is 12.8. The van der Waals surface area contributed by atoms with E-state index < -0.39 is 5.97 Å². The molecule has 182 valence electrons. The molecule has 34 heavy (non-hydrogen) atoms. The van der Waals surface area contributed by atoms with Gasteiger partial charge in [-0.3, -0.25) is 4.79 Å². The van der Waals surface area contributed by atoms with Crippen molar-refractivity contribution in [2.45, 2.75) is 38.8 Å². The fraction of sp³-hybridized carbons (Fsp3) is 0.400. The fourth-order valence-electron chi connectivity index (χ4n) is 3.90. The van der Waals surface area contributed by atoms with Gasteiger partial charge in [0, 0.05) is 31.7 Å². The molecule has 0 saturated carbocycles. The first-order chi connectivity index (χ1) is 16.5. The molecule has 0 bridgehead atoms. The number of aryl methyl sites for hydroxylation is 2. The number of nitrogens with one attached hydrogen (secondary N) is 2. The third kappa shape index (κ3) is 6.12. The van der Waals surface area contributed by atoms with Gasteiger partial charge < -0.3 is 29.8 Å². The van der Waals surface area contributed by atoms with Crippen molar-refractivity contribution in [1.29, 1.82) is 0 Å². The predicted molar refractivity (Wildman–Crippen MR) is 131 cm³/mol. The number of aliphatic hydroxyl groups excluding tert-OH is 1. The van der Waals surface area contributed by atoms with Crippen LogP contribution < -0.4 is 10.6 Å². The van der Waals surface area contributed by atoms with Crippen LogP contribution in [0.15, 0.2) is 42.6 Å². The Morgan fingerprint density at radius 1 is 1.21 bits per heavy atom. The number of pyridine rings is 1. The lowest BCUT2D eigenvalue weighted by Gasteiger charge is -2.14. The molecule has 0 aliphatic rings. The molecule has 3 N–H and O–H groups in total. The van der Waals surface area contributed by atoms with E-state index in [1.165, 1.54) is 19.8 Å². The number of hydrogen-bond donors (Lipinski definition) is 3. The molecule has 0 radical (unpaired) electrons. The van der Waals surface area contributed by atoms with Crippen molar-refractivity contribution in [2.24, 2.45) is 0 Å². The van der Waals surface area contributed by atoms with Crippen LogP contribution in [0.5, 0.6) is 0 Å². The molecule has 9 nitrogen and oxygen atoms in total. The number of ether oxygens (including phenoxy) is 2. The third-order valence-electron chi connectivity index (χ3n) is 5.48. The standard InChI is InChI=1S/C25H32N4O5/c1-17(11-13-30)27-19-14-20-22(28-21(31)16-33-2)23(25(32)34-3)29(24(20)26-15-19)12-7-10-18-8-5-4-6-9-18/h4-6,8-9,14-15,17,27,30H,7,10-13,16H2,1-3H3,(H,28,31)/t17-/m0/s1. The van der Waals surface area contributed by atoms with E-state index in [2.05, 4.69) is 27.8 Å². The minimum atomic E-state index is -0.561. The molecule has 0 aliphatic heterocycles. The van der Waals surface area contributed by atoms with Crippen LogP contribution in [-0.2, 0) is 27.2 Å². The molecule has 3 rings (SSSR count). The highest BCUT2D eigenvalue weighted by molar-refractivity contribution is 6.11. The summed E-state index contributed by atoms with van der Waals surface area (Å²) in [6.07, 6.45) is 3.85. The number of hydrogen-bond acceptors (Lipinski definition) is 7. The zero-order valence-electron chi connectivity index (χ0n) is 19.8. The molecule has 1 aromatic carbocycles. The number of fused-ring (bicyclic) bond motifs is 1. The average molecular weight is 469 g/mol. The topological polar surface area (TPSA) is 115 Å². The Kier molecular flexibility index (Phi) is 9.00. The summed E-state index contributed by atoms with van der Waals surface area (Å²) in [4.78, 5) is 29.9. The lowest BCUT2D eigenvalue weighted by Crippen LogP contribution is -2.20. The second-order valence-electron chi connectivity index (χ2n) is 8.09. The first-order valence-corrected chi connectivity index (χ1v) is 11.3. The van der Waals surface area contributed by atoms with E-state index in [1.54, 1.807) is 10.8 Å². The van der Waals surface area contributed by atoms with Crippen molar-refractivity contribution in [3.05, 3.63) is 53.9 Å². The van der Waals surface area contributed by atoms with E-state index >= 15 is 0 Å². The van der Waals surface area contributed by atoms with Gasteiger partial charge in [0.1, 0.15) is 12.3 Å². The Hall–Kier alpha value is -3.43. The van der Waals surface area contributed by atoms with E-state index in [0.717, 1.165) is 12.8 Å². The summed E-state index contributed by atoms with van der Waals surface area (Å²) in [5.74, 6) is -0.948. The summed E-state index contributed by atoms with van der Waals surface area (Å²) < 4.78 is 11.8. The van der Waals surface area contributed by atoms with Crippen molar-refractivity contribution in [3.63, 3.8) is 0 Å². The molecule has 9 heteroatoms. The fourth-order valence-corrected chi connectivity index (χ4v) is 3.90. The summed E-state index contributed by atoms with van der Waals surface area (Å²) in [6.45, 7) is 2.37. The number of methoxy groups -OCH3 is 2. The number of aromatic nitrogens is 2. The Morgan fingerprint density at radius 3 is 2.65 bits per heavy atom. The van der Waals surface area contributed by atoms with Crippen molar-refractivity contribution in [3.8, 4) is 0 Å². The van der Waals surface area contributed by atoms with Crippen molar-refractivity contribution in [1.82, 2.24) is 9.55 Å². The Labute approximate surface area is 199 Å². The number of esters is 1. The molecule has 0 saturated heterocycles. The number of carbonyl (C=O) groups is 2. The molecule has 3 aromatic rings. The predicted octanol–water partition coefficient (Wildman–Crippen LogP) is 3.22. The molecule has 0 aliphatic carbocycles. The van der Waals surface area contributed by atoms with Crippen LogP contribution in [0.25, 0.3) is 11.0 Å². The molecular formula is C25H32N4O5. The van der Waals surface area contributed by atoms with Crippen molar-refractivity contribution >= 4 is 34.3 Å². The van der Waals surface area contributed by atoms with Gasteiger partial charge in [-0.2, -0.15) is 0 Å². The normalized spacial score (nSPS) is 11.9. The number of anilines is 2. The maximum Gasteiger partial charge on any atom is 0.356 e. The highest BCUT2D eigenvalue weighted by Gasteiger charge is 2.26. The van der Waals surface area contributed by atoms with Crippen molar-refractivity contribution < 1.29 is 24.2 Å². The molecule has 2 heterocycles. The number of aliphatic hydroxyl groups is 1. The summed E-state index contributed by atoms with van der Waals surface area (Å²) >= 11 is 0. The minimum Gasteiger partial charge on any atom is -0.464 e. The SMILES string of the molecule is COCC(=O)Nc1c(C(=O)OC)n(CCCc2ccccc2)c2ncc(N[C@@H](C)CCO)cc12. The molecule has 0 spiro atoms. The minimum absolute atomic E-state index is 0.0174. The summed E-state index contributed by atoms with van der Waals surface area (Å²) in [5.41, 5.74) is 3.07. The van der Waals surface area contributed by atoms with Crippen LogP contribution in [0.2, 0.25) is 0 Å². The van der Waals surface area contributed by atoms with Crippen LogP contribution in [0, 0.1) is 0 Å². The number of benzene rings is 1. The number of carbonyl (C=O) groups excluding carboxylic acids is 2. The summed E-state index contributed by atoms with van der Waals surface area (Å²) in [5, 5.41) is 15.9. The number of nitrogens with zero attached hydrogens (tertiary/aromatic N) is 2. The summed E-state index contributed by atoms with van der Waals surface area (Å²) in [7, 11) is 2.74. The zero-order chi connectivity index (χ0) is 24.5. The van der Waals surface area contributed by atoms with Gasteiger partial charge in [0.25, 0.3) is 0 Å². The number of amides is 1. The zero-order valence-corrected chi connectivity index (χ0v) is 19.8. The van der Waals surface area contributed by atoms with Gasteiger partial charge >= 0.3 is 5.97 Å². The van der Waals surface area contributed by atoms with Crippen LogP contribution in [-0.4, -0.2) is 60.0 Å². The van der Waals surface area contributed by atoms with Gasteiger partial charge in [0.2, 0.25) is 5.91 Å². The molecule has 0 unspecified atom stereocenters. The van der Waals surface area contributed by atoms with Gasteiger partial charge in [-0.1, -0.05) is 30.3 Å². The highest BCUT2D eigenvalue weighted by Crippen LogP contribution is 2.33. The van der Waals surface area contributed by atoms with Gasteiger partial charge in [0.05, 0.1) is 24.7 Å². The molecule has 0 fully saturated rings. The van der Waals surface area contributed by atoms with Crippen LogP contribution in [0.4, 0.5) is 11.4 Å². The molecular weight excluding hydrogens is 436 g/mol. The van der Waals surface area contributed by atoms with E-state index in [4.69, 9.17) is 9.47 Å². The van der Waals surface area contributed by atoms with E-state index in [0.29, 0.717) is 35.4 Å². The Morgan fingerprint density at radius 2 is 1.97 bits per heavy atom. The lowest BCUT2D eigenvalue weighted by atomic mass is 10.1. The van der Waals surface area contributed by atoms with E-state index in [-0.39, 0.29) is 30.9 Å². The highest BCUT2D eigenvalue weighted by atomic mass is 16.5. The van der Waals surface area contributed by atoms with Gasteiger partial charge in [-0.15, -0.1) is 0 Å². The second kappa shape index (κ2) is 12.2. The third-order valence-corrected chi connectivity index (χ3v) is 5.48. The quantitative estimate of drug-likeness (QED) is 0.350. The Balaban J connectivity index is 2.03. The first-order valence-electron chi connectivity index (χ1n) is 11.3. The second-order valence-corrected chi connectivity index (χ2v) is 8.09. The average Bonchev–Trinajstić information content (AvgIpc) is 3.12. The van der Waals surface area contributed by atoms with Crippen molar-refractivity contribution in [2.75, 3.05) is 38.1 Å². The monoisotopic (exact) mass is 468 g/mol. The first kappa shape index (κ1) is 25.2. The smallest absolute Gasteiger partial charge is 0.356 e. The van der Waals surface area contributed by atoms with Crippen LogP contribution >= 0.6 is 0 Å². The van der Waals surface area contributed by atoms with Crippen LogP contribution in [0.1, 0.15) is 35.8 Å². The van der Waals surface area contributed by atoms with Crippen LogP contribution in [0.3, 0.4) is 0 Å². The molecule has 1 amide bonds. The summed E-state index contributed by atoms with van der Waals surface area (Å²) in [6, 6.07) is 12.0. The van der Waals surface area contributed by atoms with E-state index in [1.807, 2.05) is 31.2 Å². The maximum atomic E-state index is 12.8. The van der Waals surface area contributed by atoms with Gasteiger partial charge in [-0.05, 0) is 37.8 Å². The Bertz CT molecular complexity index is 1110. The van der Waals surface area contributed by atoms with E-state index in [9.17, 15) is 14.7 Å². The molecule has 1 atom stereocenters. The largest absolute Gasteiger partial charge is 0.464 e. The molecule has 2 aromatic heterocycles. The van der Waals surface area contributed by atoms with Gasteiger partial charge in [0.15, 0.2) is 5.69 Å². The lowest BCUT2D eigenvalue weighted by molar-refractivity contribution is -0.119. The van der Waals surface area contributed by atoms with Gasteiger partial charge in [-0.25, -0.2) is 9.78 Å². The number of rotatable bonds is 12.